The van der Waals surface area contributed by atoms with Crippen LogP contribution >= 0.6 is 22.9 Å². The van der Waals surface area contributed by atoms with E-state index in [1.54, 1.807) is 23.7 Å². The first-order chi connectivity index (χ1) is 7.81. The summed E-state index contributed by atoms with van der Waals surface area (Å²) in [7, 11) is 0. The quantitative estimate of drug-likeness (QED) is 0.838. The standard InChI is InChI=1S/C11H12ClN3S/c1-2-15(8-9-4-3-7-16-9)11-10(12)13-5-6-14-11/h3-7H,2,8H2,1H3. The fourth-order valence-electron chi connectivity index (χ4n) is 1.45. The van der Waals surface area contributed by atoms with Gasteiger partial charge in [-0.1, -0.05) is 17.7 Å². The van der Waals surface area contributed by atoms with Crippen molar-refractivity contribution in [2.75, 3.05) is 11.4 Å². The van der Waals surface area contributed by atoms with E-state index >= 15 is 0 Å². The third kappa shape index (κ3) is 2.51. The summed E-state index contributed by atoms with van der Waals surface area (Å²) in [6.45, 7) is 3.77. The molecule has 84 valence electrons. The molecule has 5 heteroatoms. The van der Waals surface area contributed by atoms with E-state index in [-0.39, 0.29) is 0 Å². The van der Waals surface area contributed by atoms with Crippen LogP contribution in [-0.4, -0.2) is 16.5 Å². The van der Waals surface area contributed by atoms with Crippen LogP contribution in [0.3, 0.4) is 0 Å². The van der Waals surface area contributed by atoms with E-state index in [9.17, 15) is 0 Å². The molecule has 0 N–H and O–H groups in total. The van der Waals surface area contributed by atoms with Gasteiger partial charge in [0.25, 0.3) is 0 Å². The smallest absolute Gasteiger partial charge is 0.171 e. The Balaban J connectivity index is 2.20. The molecule has 0 bridgehead atoms. The Morgan fingerprint density at radius 1 is 1.38 bits per heavy atom. The van der Waals surface area contributed by atoms with Crippen LogP contribution in [0.2, 0.25) is 5.15 Å². The second kappa shape index (κ2) is 5.27. The van der Waals surface area contributed by atoms with Crippen molar-refractivity contribution in [3.05, 3.63) is 39.9 Å². The Kier molecular flexibility index (Phi) is 3.74. The van der Waals surface area contributed by atoms with Gasteiger partial charge in [-0.2, -0.15) is 0 Å². The second-order valence-electron chi connectivity index (χ2n) is 3.26. The maximum Gasteiger partial charge on any atom is 0.171 e. The van der Waals surface area contributed by atoms with Crippen molar-refractivity contribution in [1.82, 2.24) is 9.97 Å². The number of rotatable bonds is 4. The highest BCUT2D eigenvalue weighted by molar-refractivity contribution is 7.09. The number of thiophene rings is 1. The molecule has 2 rings (SSSR count). The zero-order valence-corrected chi connectivity index (χ0v) is 10.5. The van der Waals surface area contributed by atoms with Crippen molar-refractivity contribution in [2.45, 2.75) is 13.5 Å². The van der Waals surface area contributed by atoms with Gasteiger partial charge in [-0.25, -0.2) is 9.97 Å². The molecule has 0 saturated carbocycles. The van der Waals surface area contributed by atoms with Gasteiger partial charge in [0.05, 0.1) is 6.54 Å². The van der Waals surface area contributed by atoms with Crippen LogP contribution in [-0.2, 0) is 6.54 Å². The summed E-state index contributed by atoms with van der Waals surface area (Å²) in [6.07, 6.45) is 3.27. The van der Waals surface area contributed by atoms with E-state index < -0.39 is 0 Å². The Labute approximate surface area is 104 Å². The lowest BCUT2D eigenvalue weighted by atomic mass is 10.4. The Morgan fingerprint density at radius 2 is 2.19 bits per heavy atom. The maximum absolute atomic E-state index is 6.03. The predicted molar refractivity (Wildman–Crippen MR) is 68.1 cm³/mol. The van der Waals surface area contributed by atoms with Gasteiger partial charge in [0.15, 0.2) is 11.0 Å². The molecule has 0 aromatic carbocycles. The minimum Gasteiger partial charge on any atom is -0.349 e. The molecule has 16 heavy (non-hydrogen) atoms. The number of hydrogen-bond donors (Lipinski definition) is 0. The van der Waals surface area contributed by atoms with E-state index in [1.165, 1.54) is 4.88 Å². The molecule has 0 aliphatic carbocycles. The summed E-state index contributed by atoms with van der Waals surface area (Å²) >= 11 is 7.76. The summed E-state index contributed by atoms with van der Waals surface area (Å²) in [6, 6.07) is 4.16. The molecule has 0 aliphatic heterocycles. The van der Waals surface area contributed by atoms with E-state index in [1.807, 2.05) is 6.07 Å². The zero-order chi connectivity index (χ0) is 11.4. The number of anilines is 1. The molecule has 2 heterocycles. The van der Waals surface area contributed by atoms with Crippen LogP contribution in [0.1, 0.15) is 11.8 Å². The van der Waals surface area contributed by atoms with Gasteiger partial charge in [0.2, 0.25) is 0 Å². The van der Waals surface area contributed by atoms with Crippen LogP contribution in [0.25, 0.3) is 0 Å². The van der Waals surface area contributed by atoms with Crippen molar-refractivity contribution in [3.8, 4) is 0 Å². The summed E-state index contributed by atoms with van der Waals surface area (Å²) < 4.78 is 0. The van der Waals surface area contributed by atoms with E-state index in [0.717, 1.165) is 18.9 Å². The fourth-order valence-corrected chi connectivity index (χ4v) is 2.40. The lowest BCUT2D eigenvalue weighted by Gasteiger charge is -2.21. The van der Waals surface area contributed by atoms with Gasteiger partial charge in [0, 0.05) is 23.8 Å². The molecule has 0 saturated heterocycles. The monoisotopic (exact) mass is 253 g/mol. The minimum atomic E-state index is 0.459. The molecule has 0 spiro atoms. The van der Waals surface area contributed by atoms with Crippen LogP contribution in [0.15, 0.2) is 29.9 Å². The minimum absolute atomic E-state index is 0.459. The Bertz CT molecular complexity index is 444. The number of aromatic nitrogens is 2. The normalized spacial score (nSPS) is 10.4. The topological polar surface area (TPSA) is 29.0 Å². The van der Waals surface area contributed by atoms with E-state index in [0.29, 0.717) is 5.15 Å². The van der Waals surface area contributed by atoms with Crippen LogP contribution in [0, 0.1) is 0 Å². The molecule has 0 fully saturated rings. The van der Waals surface area contributed by atoms with Crippen molar-refractivity contribution in [2.24, 2.45) is 0 Å². The van der Waals surface area contributed by atoms with Crippen LogP contribution in [0.5, 0.6) is 0 Å². The van der Waals surface area contributed by atoms with Gasteiger partial charge in [-0.3, -0.25) is 0 Å². The SMILES string of the molecule is CCN(Cc1cccs1)c1nccnc1Cl. The average Bonchev–Trinajstić information content (AvgIpc) is 2.80. The fraction of sp³-hybridized carbons (Fsp3) is 0.273. The number of hydrogen-bond acceptors (Lipinski definition) is 4. The van der Waals surface area contributed by atoms with Crippen molar-refractivity contribution < 1.29 is 0 Å². The van der Waals surface area contributed by atoms with Crippen molar-refractivity contribution in [3.63, 3.8) is 0 Å². The largest absolute Gasteiger partial charge is 0.349 e. The number of halogens is 1. The molecular formula is C11H12ClN3S. The van der Waals surface area contributed by atoms with E-state index in [2.05, 4.69) is 33.2 Å². The molecular weight excluding hydrogens is 242 g/mol. The number of nitrogens with zero attached hydrogens (tertiary/aromatic N) is 3. The maximum atomic E-state index is 6.03. The first-order valence-corrected chi connectivity index (χ1v) is 6.31. The van der Waals surface area contributed by atoms with Gasteiger partial charge >= 0.3 is 0 Å². The molecule has 2 aromatic rings. The predicted octanol–water partition coefficient (Wildman–Crippen LogP) is 3.22. The Morgan fingerprint density at radius 3 is 2.81 bits per heavy atom. The average molecular weight is 254 g/mol. The molecule has 0 unspecified atom stereocenters. The second-order valence-corrected chi connectivity index (χ2v) is 4.65. The lowest BCUT2D eigenvalue weighted by molar-refractivity contribution is 0.818. The molecule has 0 amide bonds. The zero-order valence-electron chi connectivity index (χ0n) is 8.93. The lowest BCUT2D eigenvalue weighted by Crippen LogP contribution is -2.23. The highest BCUT2D eigenvalue weighted by Gasteiger charge is 2.11. The molecule has 0 radical (unpaired) electrons. The van der Waals surface area contributed by atoms with Crippen molar-refractivity contribution >= 4 is 28.8 Å². The van der Waals surface area contributed by atoms with Gasteiger partial charge in [-0.15, -0.1) is 11.3 Å². The third-order valence-electron chi connectivity index (χ3n) is 2.24. The Hall–Kier alpha value is -1.13. The van der Waals surface area contributed by atoms with Gasteiger partial charge in [-0.05, 0) is 18.4 Å². The van der Waals surface area contributed by atoms with Gasteiger partial charge < -0.3 is 4.90 Å². The summed E-state index contributed by atoms with van der Waals surface area (Å²) in [5.41, 5.74) is 0. The summed E-state index contributed by atoms with van der Waals surface area (Å²) in [4.78, 5) is 11.7. The molecule has 3 nitrogen and oxygen atoms in total. The molecule has 0 aliphatic rings. The first-order valence-electron chi connectivity index (χ1n) is 5.05. The summed E-state index contributed by atoms with van der Waals surface area (Å²) in [5.74, 6) is 0.750. The molecule has 0 atom stereocenters. The summed E-state index contributed by atoms with van der Waals surface area (Å²) in [5, 5.41) is 2.53. The van der Waals surface area contributed by atoms with E-state index in [4.69, 9.17) is 11.6 Å². The first kappa shape index (κ1) is 11.4. The highest BCUT2D eigenvalue weighted by Crippen LogP contribution is 2.22. The van der Waals surface area contributed by atoms with Crippen LogP contribution in [0.4, 0.5) is 5.82 Å². The van der Waals surface area contributed by atoms with Crippen molar-refractivity contribution in [1.29, 1.82) is 0 Å². The highest BCUT2D eigenvalue weighted by atomic mass is 35.5. The molecule has 2 aromatic heterocycles. The van der Waals surface area contributed by atoms with Gasteiger partial charge in [0.1, 0.15) is 0 Å². The third-order valence-corrected chi connectivity index (χ3v) is 3.37. The van der Waals surface area contributed by atoms with Crippen LogP contribution < -0.4 is 4.90 Å².